The van der Waals surface area contributed by atoms with Crippen LogP contribution in [0, 0.1) is 16.2 Å². The summed E-state index contributed by atoms with van der Waals surface area (Å²) in [6.07, 6.45) is 0. The Morgan fingerprint density at radius 3 is 0.576 bits per heavy atom. The summed E-state index contributed by atoms with van der Waals surface area (Å²) < 4.78 is 55.9. The summed E-state index contributed by atoms with van der Waals surface area (Å²) >= 11 is 0. The number of hydrogen-bond donors (Lipinski definition) is 0. The lowest BCUT2D eigenvalue weighted by Crippen LogP contribution is -2.47. The predicted molar refractivity (Wildman–Crippen MR) is 145 cm³/mol. The van der Waals surface area contributed by atoms with Crippen molar-refractivity contribution in [1.29, 1.82) is 0 Å². The van der Waals surface area contributed by atoms with Crippen molar-refractivity contribution in [3.8, 4) is 0 Å². The molecule has 18 heteroatoms. The van der Waals surface area contributed by atoms with Crippen LogP contribution in [-0.4, -0.2) is 144 Å². The van der Waals surface area contributed by atoms with Gasteiger partial charge in [-0.2, -0.15) is 0 Å². The molecule has 0 aromatic rings. The summed E-state index contributed by atoms with van der Waals surface area (Å²) in [6.45, 7) is 4.97. The number of hydrogen-bond acceptors (Lipinski definition) is 10. The van der Waals surface area contributed by atoms with Gasteiger partial charge in [0.2, 0.25) is 0 Å². The summed E-state index contributed by atoms with van der Waals surface area (Å²) in [5.41, 5.74) is -1.35. The Labute approximate surface area is 206 Å². The second kappa shape index (κ2) is 19.3. The fourth-order valence-electron chi connectivity index (χ4n) is 4.17. The minimum Gasteiger partial charge on any atom is -0.443 e. The Hall–Kier alpha value is 0.119. The van der Waals surface area contributed by atoms with Crippen LogP contribution in [0.2, 0.25) is 0 Å². The van der Waals surface area contributed by atoms with Gasteiger partial charge in [0.1, 0.15) is 0 Å². The summed E-state index contributed by atoms with van der Waals surface area (Å²) in [7, 11) is 13.2. The Balaban J connectivity index is 5.34. The summed E-state index contributed by atoms with van der Waals surface area (Å²) in [6, 6.07) is 0. The molecule has 0 amide bonds. The van der Waals surface area contributed by atoms with Gasteiger partial charge in [-0.1, -0.05) is 0 Å². The topological polar surface area (TPSA) is 92.3 Å². The van der Waals surface area contributed by atoms with Crippen LogP contribution in [-0.2, 0) is 46.7 Å². The van der Waals surface area contributed by atoms with Gasteiger partial charge in [-0.15, -0.1) is 0 Å². The molecule has 0 bridgehead atoms. The molecule has 0 fully saturated rings. The van der Waals surface area contributed by atoms with Crippen molar-refractivity contribution >= 4 is 64.4 Å². The molecule has 0 aliphatic carbocycles. The maximum atomic E-state index is 6.20. The highest BCUT2D eigenvalue weighted by molar-refractivity contribution is 5.99. The second-order valence-corrected chi connectivity index (χ2v) is 8.95. The second-order valence-electron chi connectivity index (χ2n) is 8.95. The maximum Gasteiger partial charge on any atom is 0.257 e. The van der Waals surface area contributed by atoms with Gasteiger partial charge in [-0.3, -0.25) is 0 Å². The van der Waals surface area contributed by atoms with Crippen molar-refractivity contribution in [2.24, 2.45) is 16.2 Å². The van der Waals surface area contributed by atoms with Gasteiger partial charge in [0, 0.05) is 52.9 Å². The highest BCUT2D eigenvalue weighted by Gasteiger charge is 2.37. The predicted octanol–water partition coefficient (Wildman–Crippen LogP) is -7.50. The van der Waals surface area contributed by atoms with Crippen molar-refractivity contribution < 1.29 is 46.7 Å². The monoisotopic (exact) mass is 468 g/mol. The minimum absolute atomic E-state index is 0.361. The van der Waals surface area contributed by atoms with E-state index in [-0.39, 0.29) is 0 Å². The normalized spacial score (nSPS) is 12.8. The van der Waals surface area contributed by atoms with Gasteiger partial charge in [-0.05, 0) is 0 Å². The van der Waals surface area contributed by atoms with Crippen LogP contribution < -0.4 is 0 Å². The van der Waals surface area contributed by atoms with Gasteiger partial charge in [0.15, 0.2) is 0 Å². The molecule has 0 saturated carbocycles. The zero-order chi connectivity index (χ0) is 25.1. The van der Waals surface area contributed by atoms with Crippen molar-refractivity contribution in [3.05, 3.63) is 0 Å². The van der Waals surface area contributed by atoms with Crippen LogP contribution in [0.5, 0.6) is 0 Å². The third-order valence-electron chi connectivity index (χ3n) is 5.24. The third kappa shape index (κ3) is 12.6. The molecule has 0 radical (unpaired) electrons. The molecule has 0 heterocycles. The van der Waals surface area contributed by atoms with E-state index in [1.165, 1.54) is 0 Å². The van der Waals surface area contributed by atoms with E-state index in [1.54, 1.807) is 64.4 Å². The van der Waals surface area contributed by atoms with Gasteiger partial charge in [0.05, 0.1) is 42.7 Å². The molecule has 184 valence electrons. The highest BCUT2D eigenvalue weighted by Crippen LogP contribution is 2.26. The van der Waals surface area contributed by atoms with E-state index < -0.39 is 16.2 Å². The zero-order valence-corrected chi connectivity index (χ0v) is 22.1. The van der Waals surface area contributed by atoms with Crippen LogP contribution in [0.3, 0.4) is 0 Å². The van der Waals surface area contributed by atoms with Gasteiger partial charge in [-0.25, -0.2) is 0 Å². The van der Waals surface area contributed by atoms with Crippen LogP contribution in [0.25, 0.3) is 0 Å². The van der Waals surface area contributed by atoms with Crippen molar-refractivity contribution in [3.63, 3.8) is 0 Å². The fourth-order valence-corrected chi connectivity index (χ4v) is 4.17. The standard InChI is InChI=1S/C15H40B8O10/c16-26-5-13(6-27-17,1-24-3-14(7-28-18,8-29-19)9-30-20)2-25-4-15(10-31-21,11-32-22)12-33-23/h1-12,16-23H2. The van der Waals surface area contributed by atoms with E-state index in [0.29, 0.717) is 79.3 Å². The zero-order valence-electron chi connectivity index (χ0n) is 22.1. The highest BCUT2D eigenvalue weighted by atomic mass is 16.5. The molecule has 0 aromatic heterocycles. The van der Waals surface area contributed by atoms with Crippen molar-refractivity contribution in [1.82, 2.24) is 0 Å². The fraction of sp³-hybridized carbons (Fsp3) is 1.00. The summed E-state index contributed by atoms with van der Waals surface area (Å²) in [4.78, 5) is 0. The first-order valence-electron chi connectivity index (χ1n) is 11.0. The van der Waals surface area contributed by atoms with Crippen LogP contribution in [0.1, 0.15) is 0 Å². The van der Waals surface area contributed by atoms with Gasteiger partial charge in [0.25, 0.3) is 64.4 Å². The van der Waals surface area contributed by atoms with E-state index in [4.69, 9.17) is 46.7 Å². The smallest absolute Gasteiger partial charge is 0.257 e. The largest absolute Gasteiger partial charge is 0.443 e. The van der Waals surface area contributed by atoms with E-state index in [2.05, 4.69) is 0 Å². The lowest BCUT2D eigenvalue weighted by Gasteiger charge is -2.38. The Morgan fingerprint density at radius 1 is 0.273 bits per heavy atom. The molecule has 10 nitrogen and oxygen atoms in total. The molecule has 0 aliphatic rings. The van der Waals surface area contributed by atoms with Crippen molar-refractivity contribution in [2.45, 2.75) is 0 Å². The number of rotatable bonds is 24. The molecule has 0 spiro atoms. The van der Waals surface area contributed by atoms with Gasteiger partial charge >= 0.3 is 0 Å². The first-order valence-corrected chi connectivity index (χ1v) is 11.0. The lowest BCUT2D eigenvalue weighted by atomic mass is 9.89. The molecule has 0 rings (SSSR count). The van der Waals surface area contributed by atoms with E-state index in [0.717, 1.165) is 0 Å². The average Bonchev–Trinajstić information content (AvgIpc) is 2.75. The summed E-state index contributed by atoms with van der Waals surface area (Å²) in [5.74, 6) is 0. The molecule has 0 aromatic carbocycles. The first kappa shape index (κ1) is 33.1. The van der Waals surface area contributed by atoms with Crippen LogP contribution >= 0.6 is 0 Å². The molecule has 0 unspecified atom stereocenters. The molecule has 0 atom stereocenters. The molecule has 0 aliphatic heterocycles. The molecular formula is C15H40B8O10. The van der Waals surface area contributed by atoms with E-state index in [9.17, 15) is 0 Å². The molecule has 33 heavy (non-hydrogen) atoms. The number of ether oxygens (including phenoxy) is 2. The average molecular weight is 467 g/mol. The first-order chi connectivity index (χ1) is 15.9. The van der Waals surface area contributed by atoms with Crippen LogP contribution in [0.15, 0.2) is 0 Å². The lowest BCUT2D eigenvalue weighted by molar-refractivity contribution is -0.114. The SMILES string of the molecule is BOCC(COB)(COB)COCC(COB)(COB)COCC(COB)(COB)COB. The van der Waals surface area contributed by atoms with E-state index in [1.807, 2.05) is 0 Å². The summed E-state index contributed by atoms with van der Waals surface area (Å²) in [5, 5.41) is 0. The Bertz CT molecular complexity index is 396. The Kier molecular flexibility index (Phi) is 19.4. The van der Waals surface area contributed by atoms with E-state index >= 15 is 0 Å². The van der Waals surface area contributed by atoms with Crippen LogP contribution in [0.4, 0.5) is 0 Å². The molecular weight excluding hydrogens is 427 g/mol. The molecule has 0 N–H and O–H groups in total. The maximum absolute atomic E-state index is 6.20. The quantitative estimate of drug-likeness (QED) is 0.128. The Morgan fingerprint density at radius 2 is 0.424 bits per heavy atom. The van der Waals surface area contributed by atoms with Gasteiger partial charge < -0.3 is 46.7 Å². The van der Waals surface area contributed by atoms with Crippen molar-refractivity contribution in [2.75, 3.05) is 79.3 Å². The third-order valence-corrected chi connectivity index (χ3v) is 5.24. The minimum atomic E-state index is -0.512. The molecule has 0 saturated heterocycles.